The number of hydrogen-bond donors (Lipinski definition) is 1. The van der Waals surface area contributed by atoms with Crippen molar-refractivity contribution in [2.75, 3.05) is 0 Å². The minimum absolute atomic E-state index is 0.870. The van der Waals surface area contributed by atoms with Gasteiger partial charge in [0.15, 0.2) is 0 Å². The van der Waals surface area contributed by atoms with Crippen LogP contribution < -0.4 is 0 Å². The van der Waals surface area contributed by atoms with Crippen LogP contribution >= 0.6 is 0 Å². The Hall–Kier alpha value is -1.05. The van der Waals surface area contributed by atoms with Crippen LogP contribution in [-0.4, -0.2) is 11.1 Å². The van der Waals surface area contributed by atoms with E-state index in [0.29, 0.717) is 0 Å². The summed E-state index contributed by atoms with van der Waals surface area (Å²) in [6, 6.07) is 0. The SMILES string of the molecule is O=C(O)/C=C\C=C1CCCCCC1. The quantitative estimate of drug-likeness (QED) is 0.524. The highest BCUT2D eigenvalue weighted by Gasteiger charge is 2.02. The molecule has 1 rings (SSSR count). The Kier molecular flexibility index (Phi) is 4.30. The van der Waals surface area contributed by atoms with Gasteiger partial charge in [-0.2, -0.15) is 0 Å². The Labute approximate surface area is 79.0 Å². The van der Waals surface area contributed by atoms with Gasteiger partial charge in [0.05, 0.1) is 0 Å². The first-order valence-corrected chi connectivity index (χ1v) is 4.88. The Bertz CT molecular complexity index is 216. The molecule has 72 valence electrons. The molecular formula is C11H16O2. The van der Waals surface area contributed by atoms with Crippen molar-refractivity contribution in [2.45, 2.75) is 38.5 Å². The number of carboxylic acid groups (broad SMARTS) is 1. The van der Waals surface area contributed by atoms with Crippen LogP contribution in [0.15, 0.2) is 23.8 Å². The summed E-state index contributed by atoms with van der Waals surface area (Å²) >= 11 is 0. The zero-order valence-corrected chi connectivity index (χ0v) is 7.83. The molecule has 13 heavy (non-hydrogen) atoms. The number of hydrogen-bond acceptors (Lipinski definition) is 1. The van der Waals surface area contributed by atoms with Crippen LogP contribution in [0.25, 0.3) is 0 Å². The highest BCUT2D eigenvalue weighted by atomic mass is 16.4. The molecule has 0 aromatic heterocycles. The molecule has 1 aliphatic carbocycles. The van der Waals surface area contributed by atoms with Crippen molar-refractivity contribution in [1.29, 1.82) is 0 Å². The molecule has 1 N–H and O–H groups in total. The fourth-order valence-corrected chi connectivity index (χ4v) is 1.62. The summed E-state index contributed by atoms with van der Waals surface area (Å²) in [5, 5.41) is 8.38. The van der Waals surface area contributed by atoms with E-state index in [-0.39, 0.29) is 0 Å². The third-order valence-corrected chi connectivity index (χ3v) is 2.32. The van der Waals surface area contributed by atoms with Crippen molar-refractivity contribution in [2.24, 2.45) is 0 Å². The summed E-state index contributed by atoms with van der Waals surface area (Å²) in [5.41, 5.74) is 1.40. The van der Waals surface area contributed by atoms with Crippen LogP contribution in [0.3, 0.4) is 0 Å². The van der Waals surface area contributed by atoms with Crippen molar-refractivity contribution in [3.63, 3.8) is 0 Å². The molecule has 1 aliphatic rings. The molecule has 0 aliphatic heterocycles. The standard InChI is InChI=1S/C11H16O2/c12-11(13)9-5-8-10-6-3-1-2-4-7-10/h5,8-9H,1-4,6-7H2,(H,12,13)/b9-5-. The molecular weight excluding hydrogens is 164 g/mol. The molecule has 0 bridgehead atoms. The number of rotatable bonds is 2. The van der Waals surface area contributed by atoms with E-state index in [1.807, 2.05) is 6.08 Å². The Balaban J connectivity index is 2.43. The van der Waals surface area contributed by atoms with Gasteiger partial charge in [-0.25, -0.2) is 4.79 Å². The zero-order chi connectivity index (χ0) is 9.52. The van der Waals surface area contributed by atoms with Crippen LogP contribution in [0.4, 0.5) is 0 Å². The minimum Gasteiger partial charge on any atom is -0.478 e. The third-order valence-electron chi connectivity index (χ3n) is 2.32. The van der Waals surface area contributed by atoms with E-state index >= 15 is 0 Å². The average Bonchev–Trinajstić information content (AvgIpc) is 2.32. The van der Waals surface area contributed by atoms with Crippen LogP contribution in [-0.2, 0) is 4.79 Å². The Morgan fingerprint density at radius 3 is 2.31 bits per heavy atom. The maximum atomic E-state index is 10.2. The fourth-order valence-electron chi connectivity index (χ4n) is 1.62. The average molecular weight is 180 g/mol. The summed E-state index contributed by atoms with van der Waals surface area (Å²) < 4.78 is 0. The summed E-state index contributed by atoms with van der Waals surface area (Å²) in [5.74, 6) is -0.870. The van der Waals surface area contributed by atoms with E-state index in [4.69, 9.17) is 5.11 Å². The predicted octanol–water partition coefficient (Wildman–Crippen LogP) is 2.91. The first kappa shape index (κ1) is 10.0. The maximum absolute atomic E-state index is 10.2. The van der Waals surface area contributed by atoms with Crippen LogP contribution in [0.1, 0.15) is 38.5 Å². The van der Waals surface area contributed by atoms with Gasteiger partial charge >= 0.3 is 5.97 Å². The van der Waals surface area contributed by atoms with Gasteiger partial charge < -0.3 is 5.11 Å². The first-order chi connectivity index (χ1) is 6.29. The van der Waals surface area contributed by atoms with Crippen LogP contribution in [0, 0.1) is 0 Å². The van der Waals surface area contributed by atoms with Crippen molar-refractivity contribution < 1.29 is 9.90 Å². The monoisotopic (exact) mass is 180 g/mol. The molecule has 1 saturated carbocycles. The molecule has 2 heteroatoms. The van der Waals surface area contributed by atoms with Gasteiger partial charge in [-0.1, -0.05) is 30.6 Å². The lowest BCUT2D eigenvalue weighted by Gasteiger charge is -1.98. The van der Waals surface area contributed by atoms with Gasteiger partial charge in [-0.15, -0.1) is 0 Å². The van der Waals surface area contributed by atoms with E-state index < -0.39 is 5.97 Å². The minimum atomic E-state index is -0.870. The highest BCUT2D eigenvalue weighted by Crippen LogP contribution is 2.21. The largest absolute Gasteiger partial charge is 0.478 e. The van der Waals surface area contributed by atoms with Crippen molar-refractivity contribution in [3.8, 4) is 0 Å². The number of carbonyl (C=O) groups is 1. The van der Waals surface area contributed by atoms with Crippen LogP contribution in [0.5, 0.6) is 0 Å². The predicted molar refractivity (Wildman–Crippen MR) is 52.6 cm³/mol. The molecule has 0 radical (unpaired) electrons. The van der Waals surface area contributed by atoms with E-state index in [9.17, 15) is 4.79 Å². The first-order valence-electron chi connectivity index (χ1n) is 4.88. The normalized spacial score (nSPS) is 18.6. The molecule has 1 fully saturated rings. The summed E-state index contributed by atoms with van der Waals surface area (Å²) in [7, 11) is 0. The topological polar surface area (TPSA) is 37.3 Å². The number of carboxylic acids is 1. The molecule has 0 saturated heterocycles. The summed E-state index contributed by atoms with van der Waals surface area (Å²) in [6.45, 7) is 0. The highest BCUT2D eigenvalue weighted by molar-refractivity contribution is 5.80. The molecule has 0 amide bonds. The Morgan fingerprint density at radius 2 is 1.77 bits per heavy atom. The summed E-state index contributed by atoms with van der Waals surface area (Å²) in [6.07, 6.45) is 12.2. The lowest BCUT2D eigenvalue weighted by atomic mass is 10.1. The lowest BCUT2D eigenvalue weighted by Crippen LogP contribution is -1.85. The van der Waals surface area contributed by atoms with Gasteiger partial charge in [0.2, 0.25) is 0 Å². The summed E-state index contributed by atoms with van der Waals surface area (Å²) in [4.78, 5) is 10.2. The molecule has 0 aromatic carbocycles. The van der Waals surface area contributed by atoms with Crippen molar-refractivity contribution in [1.82, 2.24) is 0 Å². The Morgan fingerprint density at radius 1 is 1.15 bits per heavy atom. The fraction of sp³-hybridized carbons (Fsp3) is 0.545. The lowest BCUT2D eigenvalue weighted by molar-refractivity contribution is -0.131. The molecule has 0 heterocycles. The second-order valence-corrected chi connectivity index (χ2v) is 3.44. The van der Waals surface area contributed by atoms with Crippen LogP contribution in [0.2, 0.25) is 0 Å². The molecule has 2 nitrogen and oxygen atoms in total. The van der Waals surface area contributed by atoms with Gasteiger partial charge in [-0.3, -0.25) is 0 Å². The van der Waals surface area contributed by atoms with Gasteiger partial charge in [0.1, 0.15) is 0 Å². The maximum Gasteiger partial charge on any atom is 0.328 e. The van der Waals surface area contributed by atoms with E-state index in [2.05, 4.69) is 0 Å². The zero-order valence-electron chi connectivity index (χ0n) is 7.83. The van der Waals surface area contributed by atoms with Crippen molar-refractivity contribution >= 4 is 5.97 Å². The van der Waals surface area contributed by atoms with E-state index in [1.54, 1.807) is 6.08 Å². The number of aliphatic carboxylic acids is 1. The molecule has 0 atom stereocenters. The van der Waals surface area contributed by atoms with Crippen molar-refractivity contribution in [3.05, 3.63) is 23.8 Å². The molecule has 0 unspecified atom stereocenters. The number of allylic oxidation sites excluding steroid dienone is 3. The smallest absolute Gasteiger partial charge is 0.328 e. The second kappa shape index (κ2) is 5.57. The van der Waals surface area contributed by atoms with Gasteiger partial charge in [0, 0.05) is 6.08 Å². The van der Waals surface area contributed by atoms with Gasteiger partial charge in [-0.05, 0) is 25.7 Å². The molecule has 0 aromatic rings. The van der Waals surface area contributed by atoms with E-state index in [0.717, 1.165) is 12.8 Å². The van der Waals surface area contributed by atoms with Gasteiger partial charge in [0.25, 0.3) is 0 Å². The van der Waals surface area contributed by atoms with E-state index in [1.165, 1.54) is 37.3 Å². The third kappa shape index (κ3) is 4.51. The second-order valence-electron chi connectivity index (χ2n) is 3.44. The molecule has 0 spiro atoms.